The zero-order valence-electron chi connectivity index (χ0n) is 12.8. The second-order valence-electron chi connectivity index (χ2n) is 5.69. The van der Waals surface area contributed by atoms with Crippen molar-refractivity contribution >= 4 is 50.9 Å². The lowest BCUT2D eigenvalue weighted by atomic mass is 10.1. The van der Waals surface area contributed by atoms with Gasteiger partial charge in [0.25, 0.3) is 0 Å². The van der Waals surface area contributed by atoms with Gasteiger partial charge in [0.1, 0.15) is 0 Å². The van der Waals surface area contributed by atoms with Crippen molar-refractivity contribution in [3.8, 4) is 0 Å². The van der Waals surface area contributed by atoms with E-state index in [1.807, 2.05) is 30.3 Å². The van der Waals surface area contributed by atoms with E-state index in [0.29, 0.717) is 29.7 Å². The van der Waals surface area contributed by atoms with Crippen LogP contribution in [0.1, 0.15) is 5.56 Å². The fourth-order valence-corrected chi connectivity index (χ4v) is 3.38. The molecule has 0 spiro atoms. The van der Waals surface area contributed by atoms with Crippen molar-refractivity contribution in [2.75, 3.05) is 18.0 Å². The maximum Gasteiger partial charge on any atom is 0.325 e. The number of hydrogen-bond donors (Lipinski definition) is 0. The van der Waals surface area contributed by atoms with Crippen LogP contribution in [0, 0.1) is 0 Å². The van der Waals surface area contributed by atoms with Gasteiger partial charge in [-0.3, -0.25) is 4.90 Å². The summed E-state index contributed by atoms with van der Waals surface area (Å²) in [5, 5.41) is 1.14. The minimum Gasteiger partial charge on any atom is -0.316 e. The number of hydrogen-bond acceptors (Lipinski definition) is 1. The van der Waals surface area contributed by atoms with E-state index in [1.165, 1.54) is 0 Å². The third-order valence-electron chi connectivity index (χ3n) is 3.81. The molecule has 1 heterocycles. The average molecular weight is 426 g/mol. The molecule has 1 fully saturated rings. The molecule has 1 aliphatic rings. The Morgan fingerprint density at radius 2 is 1.79 bits per heavy atom. The Bertz CT molecular complexity index is 792. The summed E-state index contributed by atoms with van der Waals surface area (Å²) >= 11 is 15.6. The second-order valence-corrected chi connectivity index (χ2v) is 7.45. The molecule has 0 aromatic heterocycles. The molecule has 0 saturated carbocycles. The van der Waals surface area contributed by atoms with Crippen LogP contribution in [0.2, 0.25) is 10.0 Å². The number of anilines is 1. The van der Waals surface area contributed by atoms with Crippen molar-refractivity contribution in [1.29, 1.82) is 0 Å². The van der Waals surface area contributed by atoms with Gasteiger partial charge < -0.3 is 4.90 Å². The highest BCUT2D eigenvalue weighted by Crippen LogP contribution is 2.27. The van der Waals surface area contributed by atoms with Crippen LogP contribution >= 0.6 is 39.1 Å². The van der Waals surface area contributed by atoms with Gasteiger partial charge in [-0.2, -0.15) is 0 Å². The molecule has 0 N–H and O–H groups in total. The molecule has 2 aromatic rings. The third-order valence-corrected chi connectivity index (χ3v) is 4.93. The molecule has 0 bridgehead atoms. The van der Waals surface area contributed by atoms with Crippen LogP contribution in [0.4, 0.5) is 10.5 Å². The van der Waals surface area contributed by atoms with Crippen LogP contribution in [0.3, 0.4) is 0 Å². The highest BCUT2D eigenvalue weighted by atomic mass is 79.9. The predicted octanol–water partition coefficient (Wildman–Crippen LogP) is 5.75. The minimum atomic E-state index is -0.0595. The summed E-state index contributed by atoms with van der Waals surface area (Å²) < 4.78 is 0.972. The van der Waals surface area contributed by atoms with Gasteiger partial charge in [0, 0.05) is 33.3 Å². The van der Waals surface area contributed by atoms with Crippen LogP contribution in [0.5, 0.6) is 0 Å². The standard InChI is InChI=1S/C18H15BrCl2N2O/c1-12-9-22(11-13-2-5-15(20)8-17(13)21)18(24)23(10-12)16-6-3-14(19)4-7-16/h2-8H,1,9-11H2. The first-order valence-electron chi connectivity index (χ1n) is 7.36. The molecule has 3 rings (SSSR count). The Labute approximate surface area is 159 Å². The molecule has 0 radical (unpaired) electrons. The minimum absolute atomic E-state index is 0.0595. The highest BCUT2D eigenvalue weighted by molar-refractivity contribution is 9.10. The van der Waals surface area contributed by atoms with Gasteiger partial charge in [0.15, 0.2) is 0 Å². The predicted molar refractivity (Wildman–Crippen MR) is 103 cm³/mol. The number of urea groups is 1. The number of carbonyl (C=O) groups is 1. The van der Waals surface area contributed by atoms with E-state index in [1.54, 1.807) is 21.9 Å². The SMILES string of the molecule is C=C1CN(Cc2ccc(Cl)cc2Cl)C(=O)N(c2ccc(Br)cc2)C1. The lowest BCUT2D eigenvalue weighted by Crippen LogP contribution is -2.50. The number of amides is 2. The van der Waals surface area contributed by atoms with Crippen LogP contribution in [-0.2, 0) is 6.54 Å². The van der Waals surface area contributed by atoms with Crippen molar-refractivity contribution < 1.29 is 4.79 Å². The highest BCUT2D eigenvalue weighted by Gasteiger charge is 2.29. The normalized spacial score (nSPS) is 15.1. The van der Waals surface area contributed by atoms with Crippen LogP contribution < -0.4 is 4.90 Å². The summed E-state index contributed by atoms with van der Waals surface area (Å²) in [4.78, 5) is 16.3. The zero-order valence-corrected chi connectivity index (χ0v) is 15.9. The number of rotatable bonds is 3. The van der Waals surface area contributed by atoms with Gasteiger partial charge in [-0.15, -0.1) is 0 Å². The van der Waals surface area contributed by atoms with Gasteiger partial charge in [-0.05, 0) is 47.5 Å². The fourth-order valence-electron chi connectivity index (χ4n) is 2.65. The first-order valence-corrected chi connectivity index (χ1v) is 8.91. The maximum atomic E-state index is 12.9. The van der Waals surface area contributed by atoms with Crippen LogP contribution in [0.25, 0.3) is 0 Å². The fraction of sp³-hybridized carbons (Fsp3) is 0.167. The Morgan fingerprint density at radius 1 is 1.08 bits per heavy atom. The van der Waals surface area contributed by atoms with E-state index in [4.69, 9.17) is 23.2 Å². The summed E-state index contributed by atoms with van der Waals surface area (Å²) in [6.07, 6.45) is 0. The molecule has 2 amide bonds. The second kappa shape index (κ2) is 7.18. The Hall–Kier alpha value is -1.49. The quantitative estimate of drug-likeness (QED) is 0.574. The first-order chi connectivity index (χ1) is 11.4. The monoisotopic (exact) mass is 424 g/mol. The molecule has 0 aliphatic carbocycles. The van der Waals surface area contributed by atoms with Crippen molar-refractivity contribution in [2.24, 2.45) is 0 Å². The van der Waals surface area contributed by atoms with Gasteiger partial charge >= 0.3 is 6.03 Å². The van der Waals surface area contributed by atoms with E-state index >= 15 is 0 Å². The molecule has 1 aliphatic heterocycles. The molecule has 0 unspecified atom stereocenters. The van der Waals surface area contributed by atoms with E-state index in [-0.39, 0.29) is 6.03 Å². The molecule has 6 heteroatoms. The van der Waals surface area contributed by atoms with Crippen molar-refractivity contribution in [1.82, 2.24) is 4.90 Å². The lowest BCUT2D eigenvalue weighted by Gasteiger charge is -2.37. The average Bonchev–Trinajstić information content (AvgIpc) is 2.54. The smallest absolute Gasteiger partial charge is 0.316 e. The number of benzene rings is 2. The summed E-state index contributed by atoms with van der Waals surface area (Å²) in [5.74, 6) is 0. The van der Waals surface area contributed by atoms with Crippen molar-refractivity contribution in [3.63, 3.8) is 0 Å². The van der Waals surface area contributed by atoms with E-state index in [2.05, 4.69) is 22.5 Å². The Morgan fingerprint density at radius 3 is 2.46 bits per heavy atom. The van der Waals surface area contributed by atoms with E-state index in [0.717, 1.165) is 21.3 Å². The summed E-state index contributed by atoms with van der Waals surface area (Å²) in [6, 6.07) is 12.9. The number of halogens is 3. The molecule has 2 aromatic carbocycles. The molecule has 24 heavy (non-hydrogen) atoms. The van der Waals surface area contributed by atoms with Crippen molar-refractivity contribution in [3.05, 3.63) is 74.7 Å². The maximum absolute atomic E-state index is 12.9. The summed E-state index contributed by atoms with van der Waals surface area (Å²) in [5.41, 5.74) is 2.68. The van der Waals surface area contributed by atoms with Gasteiger partial charge in [0.05, 0.1) is 6.54 Å². The molecule has 3 nitrogen and oxygen atoms in total. The van der Waals surface area contributed by atoms with Gasteiger partial charge in [-0.1, -0.05) is 51.8 Å². The lowest BCUT2D eigenvalue weighted by molar-refractivity contribution is 0.201. The molecule has 1 saturated heterocycles. The van der Waals surface area contributed by atoms with Crippen molar-refractivity contribution in [2.45, 2.75) is 6.54 Å². The van der Waals surface area contributed by atoms with E-state index in [9.17, 15) is 4.79 Å². The molecule has 124 valence electrons. The van der Waals surface area contributed by atoms with Crippen LogP contribution in [-0.4, -0.2) is 24.0 Å². The third kappa shape index (κ3) is 3.77. The van der Waals surface area contributed by atoms with Crippen LogP contribution in [0.15, 0.2) is 59.1 Å². The topological polar surface area (TPSA) is 23.6 Å². The summed E-state index contributed by atoms with van der Waals surface area (Å²) in [6.45, 7) is 5.53. The molecule has 0 atom stereocenters. The zero-order chi connectivity index (χ0) is 17.3. The Balaban J connectivity index is 1.84. The number of carbonyl (C=O) groups excluding carboxylic acids is 1. The molecular weight excluding hydrogens is 411 g/mol. The largest absolute Gasteiger partial charge is 0.325 e. The van der Waals surface area contributed by atoms with Gasteiger partial charge in [-0.25, -0.2) is 4.79 Å². The first kappa shape index (κ1) is 17.3. The molecular formula is C18H15BrCl2N2O. The summed E-state index contributed by atoms with van der Waals surface area (Å²) in [7, 11) is 0. The Kier molecular flexibility index (Phi) is 5.18. The number of nitrogens with zero attached hydrogens (tertiary/aromatic N) is 2. The van der Waals surface area contributed by atoms with E-state index < -0.39 is 0 Å². The van der Waals surface area contributed by atoms with Gasteiger partial charge in [0.2, 0.25) is 0 Å².